The SMILES string of the molecule is O=C(CNS(=O)(=O)c1ccccc1)NCc1ccccc1Cl. The molecule has 0 saturated carbocycles. The summed E-state index contributed by atoms with van der Waals surface area (Å²) in [5.74, 6) is -0.431. The number of carbonyl (C=O) groups is 1. The number of carbonyl (C=O) groups excluding carboxylic acids is 1. The highest BCUT2D eigenvalue weighted by Gasteiger charge is 2.14. The van der Waals surface area contributed by atoms with Crippen molar-refractivity contribution in [3.63, 3.8) is 0 Å². The zero-order valence-corrected chi connectivity index (χ0v) is 13.2. The number of hydrogen-bond acceptors (Lipinski definition) is 3. The summed E-state index contributed by atoms with van der Waals surface area (Å²) in [7, 11) is -3.68. The van der Waals surface area contributed by atoms with Gasteiger partial charge in [0.2, 0.25) is 15.9 Å². The van der Waals surface area contributed by atoms with E-state index in [0.717, 1.165) is 5.56 Å². The fraction of sp³-hybridized carbons (Fsp3) is 0.133. The first-order valence-corrected chi connectivity index (χ1v) is 8.40. The van der Waals surface area contributed by atoms with Crippen LogP contribution in [0.25, 0.3) is 0 Å². The summed E-state index contributed by atoms with van der Waals surface area (Å²) >= 11 is 5.97. The van der Waals surface area contributed by atoms with Gasteiger partial charge in [-0.2, -0.15) is 0 Å². The molecule has 5 nitrogen and oxygen atoms in total. The smallest absolute Gasteiger partial charge is 0.241 e. The highest BCUT2D eigenvalue weighted by molar-refractivity contribution is 7.89. The zero-order valence-electron chi connectivity index (χ0n) is 11.6. The lowest BCUT2D eigenvalue weighted by Crippen LogP contribution is -2.36. The Labute approximate surface area is 134 Å². The Bertz CT molecular complexity index is 748. The van der Waals surface area contributed by atoms with E-state index in [-0.39, 0.29) is 18.0 Å². The second-order valence-electron chi connectivity index (χ2n) is 4.51. The third-order valence-electron chi connectivity index (χ3n) is 2.91. The minimum Gasteiger partial charge on any atom is -0.351 e. The van der Waals surface area contributed by atoms with E-state index in [9.17, 15) is 13.2 Å². The van der Waals surface area contributed by atoms with Gasteiger partial charge in [-0.25, -0.2) is 13.1 Å². The van der Waals surface area contributed by atoms with Gasteiger partial charge in [0.05, 0.1) is 11.4 Å². The van der Waals surface area contributed by atoms with Crippen LogP contribution >= 0.6 is 11.6 Å². The predicted octanol–water partition coefficient (Wildman–Crippen LogP) is 1.93. The van der Waals surface area contributed by atoms with Gasteiger partial charge in [-0.3, -0.25) is 4.79 Å². The number of sulfonamides is 1. The van der Waals surface area contributed by atoms with E-state index in [4.69, 9.17) is 11.6 Å². The molecule has 2 aromatic carbocycles. The Kier molecular flexibility index (Phi) is 5.54. The van der Waals surface area contributed by atoms with Gasteiger partial charge in [0, 0.05) is 11.6 Å². The maximum Gasteiger partial charge on any atom is 0.241 e. The van der Waals surface area contributed by atoms with Gasteiger partial charge in [-0.05, 0) is 23.8 Å². The summed E-state index contributed by atoms with van der Waals surface area (Å²) in [6, 6.07) is 15.0. The molecule has 22 heavy (non-hydrogen) atoms. The molecule has 7 heteroatoms. The number of rotatable bonds is 6. The highest BCUT2D eigenvalue weighted by atomic mass is 35.5. The number of benzene rings is 2. The number of hydrogen-bond donors (Lipinski definition) is 2. The molecule has 0 fully saturated rings. The Morgan fingerprint density at radius 1 is 1.00 bits per heavy atom. The van der Waals surface area contributed by atoms with Crippen molar-refractivity contribution < 1.29 is 13.2 Å². The lowest BCUT2D eigenvalue weighted by Gasteiger charge is -2.08. The van der Waals surface area contributed by atoms with Crippen molar-refractivity contribution in [3.8, 4) is 0 Å². The summed E-state index contributed by atoms with van der Waals surface area (Å²) in [6.07, 6.45) is 0. The fourth-order valence-corrected chi connectivity index (χ4v) is 2.95. The van der Waals surface area contributed by atoms with Crippen LogP contribution in [0.15, 0.2) is 59.5 Å². The quantitative estimate of drug-likeness (QED) is 0.845. The maximum absolute atomic E-state index is 12.0. The lowest BCUT2D eigenvalue weighted by molar-refractivity contribution is -0.120. The molecule has 0 bridgehead atoms. The van der Waals surface area contributed by atoms with E-state index in [1.807, 2.05) is 6.07 Å². The summed E-state index contributed by atoms with van der Waals surface area (Å²) in [4.78, 5) is 11.8. The molecule has 0 aliphatic carbocycles. The van der Waals surface area contributed by atoms with Crippen molar-refractivity contribution in [3.05, 3.63) is 65.2 Å². The van der Waals surface area contributed by atoms with Gasteiger partial charge >= 0.3 is 0 Å². The minimum atomic E-state index is -3.68. The molecule has 0 radical (unpaired) electrons. The van der Waals surface area contributed by atoms with Gasteiger partial charge in [0.15, 0.2) is 0 Å². The molecule has 0 unspecified atom stereocenters. The molecule has 0 heterocycles. The van der Waals surface area contributed by atoms with Crippen molar-refractivity contribution in [2.75, 3.05) is 6.54 Å². The Morgan fingerprint density at radius 2 is 1.64 bits per heavy atom. The van der Waals surface area contributed by atoms with Crippen molar-refractivity contribution in [1.82, 2.24) is 10.0 Å². The third kappa shape index (κ3) is 4.56. The molecule has 116 valence electrons. The van der Waals surface area contributed by atoms with E-state index >= 15 is 0 Å². The van der Waals surface area contributed by atoms with Crippen LogP contribution in [0.5, 0.6) is 0 Å². The van der Waals surface area contributed by atoms with Crippen molar-refractivity contribution in [2.24, 2.45) is 0 Å². The van der Waals surface area contributed by atoms with E-state index in [1.54, 1.807) is 36.4 Å². The minimum absolute atomic E-state index is 0.119. The van der Waals surface area contributed by atoms with Crippen LogP contribution in [0.2, 0.25) is 5.02 Å². The average molecular weight is 339 g/mol. The molecule has 0 aliphatic heterocycles. The van der Waals surface area contributed by atoms with E-state index in [0.29, 0.717) is 5.02 Å². The average Bonchev–Trinajstić information content (AvgIpc) is 2.53. The summed E-state index contributed by atoms with van der Waals surface area (Å²) in [5, 5.41) is 3.16. The van der Waals surface area contributed by atoms with Gasteiger partial charge in [-0.1, -0.05) is 48.0 Å². The molecule has 2 aromatic rings. The predicted molar refractivity (Wildman–Crippen MR) is 84.9 cm³/mol. The molecule has 0 aliphatic rings. The molecule has 0 spiro atoms. The number of amides is 1. The zero-order chi connectivity index (χ0) is 16.0. The maximum atomic E-state index is 12.0. The third-order valence-corrected chi connectivity index (χ3v) is 4.70. The lowest BCUT2D eigenvalue weighted by atomic mass is 10.2. The van der Waals surface area contributed by atoms with Crippen LogP contribution in [-0.4, -0.2) is 20.9 Å². The molecule has 1 amide bonds. The Balaban J connectivity index is 1.87. The monoisotopic (exact) mass is 338 g/mol. The molecule has 0 aromatic heterocycles. The molecule has 0 saturated heterocycles. The van der Waals surface area contributed by atoms with Crippen LogP contribution in [-0.2, 0) is 21.4 Å². The summed E-state index contributed by atoms with van der Waals surface area (Å²) in [5.41, 5.74) is 0.767. The molecule has 0 atom stereocenters. The number of halogens is 1. The van der Waals surface area contributed by atoms with Gasteiger partial charge < -0.3 is 5.32 Å². The summed E-state index contributed by atoms with van der Waals surface area (Å²) < 4.78 is 26.2. The van der Waals surface area contributed by atoms with Crippen LogP contribution < -0.4 is 10.0 Å². The van der Waals surface area contributed by atoms with Crippen LogP contribution in [0.1, 0.15) is 5.56 Å². The van der Waals surface area contributed by atoms with Gasteiger partial charge in [0.1, 0.15) is 0 Å². The highest BCUT2D eigenvalue weighted by Crippen LogP contribution is 2.14. The second-order valence-corrected chi connectivity index (χ2v) is 6.68. The van der Waals surface area contributed by atoms with Crippen molar-refractivity contribution >= 4 is 27.5 Å². The van der Waals surface area contributed by atoms with Crippen LogP contribution in [0, 0.1) is 0 Å². The molecule has 2 rings (SSSR count). The van der Waals surface area contributed by atoms with E-state index in [1.165, 1.54) is 12.1 Å². The van der Waals surface area contributed by atoms with E-state index < -0.39 is 15.9 Å². The second kappa shape index (κ2) is 7.40. The van der Waals surface area contributed by atoms with Gasteiger partial charge in [0.25, 0.3) is 0 Å². The summed E-state index contributed by atoms with van der Waals surface area (Å²) in [6.45, 7) is -0.0900. The standard InChI is InChI=1S/C15H15ClN2O3S/c16-14-9-5-4-6-12(14)10-17-15(19)11-18-22(20,21)13-7-2-1-3-8-13/h1-9,18H,10-11H2,(H,17,19). The molecule has 2 N–H and O–H groups in total. The first-order chi connectivity index (χ1) is 10.5. The topological polar surface area (TPSA) is 75.3 Å². The Morgan fingerprint density at radius 3 is 2.32 bits per heavy atom. The Hall–Kier alpha value is -1.89. The first kappa shape index (κ1) is 16.5. The van der Waals surface area contributed by atoms with Crippen LogP contribution in [0.3, 0.4) is 0 Å². The molecular formula is C15H15ClN2O3S. The van der Waals surface area contributed by atoms with Crippen LogP contribution in [0.4, 0.5) is 0 Å². The van der Waals surface area contributed by atoms with E-state index in [2.05, 4.69) is 10.0 Å². The van der Waals surface area contributed by atoms with Crippen molar-refractivity contribution in [1.29, 1.82) is 0 Å². The number of nitrogens with one attached hydrogen (secondary N) is 2. The molecular weight excluding hydrogens is 324 g/mol. The normalized spacial score (nSPS) is 11.1. The first-order valence-electron chi connectivity index (χ1n) is 6.54. The fourth-order valence-electron chi connectivity index (χ4n) is 1.74. The largest absolute Gasteiger partial charge is 0.351 e. The van der Waals surface area contributed by atoms with Crippen molar-refractivity contribution in [2.45, 2.75) is 11.4 Å². The van der Waals surface area contributed by atoms with Gasteiger partial charge in [-0.15, -0.1) is 0 Å².